The second-order valence-corrected chi connectivity index (χ2v) is 10.8. The van der Waals surface area contributed by atoms with E-state index >= 15 is 8.78 Å². The Morgan fingerprint density at radius 3 is 1.91 bits per heavy atom. The maximum absolute atomic E-state index is 15.2. The predicted molar refractivity (Wildman–Crippen MR) is 150 cm³/mol. The fourth-order valence-electron chi connectivity index (χ4n) is 5.16. The van der Waals surface area contributed by atoms with Gasteiger partial charge in [0.05, 0.1) is 13.2 Å². The summed E-state index contributed by atoms with van der Waals surface area (Å²) in [7, 11) is 0. The molecule has 1 saturated heterocycles. The zero-order valence-corrected chi connectivity index (χ0v) is 24.0. The summed E-state index contributed by atoms with van der Waals surface area (Å²) in [6.07, 6.45) is -1.06. The Kier molecular flexibility index (Phi) is 9.79. The number of halogens is 8. The Hall–Kier alpha value is -3.96. The lowest BCUT2D eigenvalue weighted by atomic mass is 9.97. The molecule has 1 fully saturated rings. The summed E-state index contributed by atoms with van der Waals surface area (Å²) in [5.74, 6) is -8.68. The van der Waals surface area contributed by atoms with E-state index in [0.29, 0.717) is 49.1 Å². The van der Waals surface area contributed by atoms with E-state index < -0.39 is 64.2 Å². The van der Waals surface area contributed by atoms with Gasteiger partial charge in [-0.15, -0.1) is 0 Å². The summed E-state index contributed by atoms with van der Waals surface area (Å²) < 4.78 is 132. The lowest BCUT2D eigenvalue weighted by Crippen LogP contribution is -2.27. The molecule has 1 aliphatic rings. The molecule has 0 atom stereocenters. The van der Waals surface area contributed by atoms with Crippen LogP contribution in [-0.4, -0.2) is 13.2 Å². The lowest BCUT2D eigenvalue weighted by Gasteiger charge is -2.29. The molecule has 0 bridgehead atoms. The molecule has 238 valence electrons. The van der Waals surface area contributed by atoms with Crippen molar-refractivity contribution in [3.63, 3.8) is 0 Å². The minimum absolute atomic E-state index is 0.0409. The maximum atomic E-state index is 15.2. The topological polar surface area (TPSA) is 27.7 Å². The van der Waals surface area contributed by atoms with Gasteiger partial charge in [0.25, 0.3) is 0 Å². The molecule has 5 rings (SSSR count). The van der Waals surface area contributed by atoms with Crippen LogP contribution in [0.3, 0.4) is 0 Å². The van der Waals surface area contributed by atoms with Crippen LogP contribution >= 0.6 is 0 Å². The fraction of sp³-hybridized carbons (Fsp3) is 0.294. The lowest BCUT2D eigenvalue weighted by molar-refractivity contribution is -0.206. The second kappa shape index (κ2) is 13.6. The van der Waals surface area contributed by atoms with E-state index in [1.807, 2.05) is 0 Å². The summed E-state index contributed by atoms with van der Waals surface area (Å²) in [4.78, 5) is 0. The van der Waals surface area contributed by atoms with Crippen LogP contribution in [0.1, 0.15) is 50.0 Å². The Morgan fingerprint density at radius 1 is 0.667 bits per heavy atom. The van der Waals surface area contributed by atoms with E-state index in [-0.39, 0.29) is 22.6 Å². The van der Waals surface area contributed by atoms with Crippen LogP contribution < -0.4 is 4.74 Å². The normalized spacial score (nSPS) is 17.0. The molecule has 0 radical (unpaired) electrons. The van der Waals surface area contributed by atoms with Gasteiger partial charge in [-0.3, -0.25) is 0 Å². The van der Waals surface area contributed by atoms with Crippen LogP contribution in [0.5, 0.6) is 5.75 Å². The molecule has 0 amide bonds. The van der Waals surface area contributed by atoms with Gasteiger partial charge in [-0.05, 0) is 53.9 Å². The van der Waals surface area contributed by atoms with Gasteiger partial charge >= 0.3 is 6.11 Å². The average Bonchev–Trinajstić information content (AvgIpc) is 2.98. The molecule has 1 aliphatic heterocycles. The first-order valence-electron chi connectivity index (χ1n) is 14.3. The van der Waals surface area contributed by atoms with Crippen LogP contribution in [0.15, 0.2) is 66.7 Å². The van der Waals surface area contributed by atoms with Crippen LogP contribution in [0.2, 0.25) is 0 Å². The molecule has 4 aromatic carbocycles. The van der Waals surface area contributed by atoms with E-state index in [1.54, 1.807) is 6.07 Å². The van der Waals surface area contributed by atoms with Crippen molar-refractivity contribution in [2.75, 3.05) is 13.2 Å². The van der Waals surface area contributed by atoms with Gasteiger partial charge in [-0.2, -0.15) is 8.78 Å². The molecular formula is C34H28F8O3. The van der Waals surface area contributed by atoms with Gasteiger partial charge in [-0.1, -0.05) is 50.5 Å². The third kappa shape index (κ3) is 7.31. The largest absolute Gasteiger partial charge is 0.432 e. The first kappa shape index (κ1) is 32.4. The number of hydrogen-bond donors (Lipinski definition) is 0. The maximum Gasteiger partial charge on any atom is 0.432 e. The Labute approximate surface area is 254 Å². The number of benzene rings is 4. The van der Waals surface area contributed by atoms with E-state index in [4.69, 9.17) is 9.47 Å². The summed E-state index contributed by atoms with van der Waals surface area (Å²) >= 11 is 0. The molecule has 3 nitrogen and oxygen atoms in total. The van der Waals surface area contributed by atoms with Gasteiger partial charge in [0.2, 0.25) is 0 Å². The molecule has 4 aromatic rings. The molecule has 1 heterocycles. The quantitative estimate of drug-likeness (QED) is 0.128. The highest BCUT2D eigenvalue weighted by molar-refractivity contribution is 5.72. The number of rotatable bonds is 10. The van der Waals surface area contributed by atoms with Crippen molar-refractivity contribution in [2.24, 2.45) is 5.92 Å². The van der Waals surface area contributed by atoms with Crippen LogP contribution in [0.25, 0.3) is 22.3 Å². The smallest absolute Gasteiger partial charge is 0.429 e. The van der Waals surface area contributed by atoms with Gasteiger partial charge < -0.3 is 14.2 Å². The monoisotopic (exact) mass is 636 g/mol. The standard InChI is InChI=1S/C34H28F8O3/c1-2-3-4-5-19-17-43-33(44-18-19)21-7-10-24(28(37)13-21)20-6-9-25(27(36)12-20)22-14-30(39)32(31(40)15-22)34(41,42)45-23-8-11-26(35)29(38)16-23/h6-16,19,33H,2-5,17-18H2,1H3. The van der Waals surface area contributed by atoms with Crippen LogP contribution in [-0.2, 0) is 15.6 Å². The summed E-state index contributed by atoms with van der Waals surface area (Å²) in [5, 5.41) is 0. The van der Waals surface area contributed by atoms with E-state index in [1.165, 1.54) is 18.2 Å². The highest BCUT2D eigenvalue weighted by atomic mass is 19.3. The van der Waals surface area contributed by atoms with Crippen LogP contribution in [0.4, 0.5) is 35.1 Å². The SMILES string of the molecule is CCCCCC1COC(c2ccc(-c3ccc(-c4cc(F)c(C(F)(F)Oc5ccc(F)c(F)c5)c(F)c4)c(F)c3)c(F)c2)OC1. The zero-order chi connectivity index (χ0) is 32.3. The van der Waals surface area contributed by atoms with Crippen molar-refractivity contribution >= 4 is 0 Å². The Morgan fingerprint density at radius 2 is 1.29 bits per heavy atom. The number of hydrogen-bond acceptors (Lipinski definition) is 3. The predicted octanol–water partition coefficient (Wildman–Crippen LogP) is 10.2. The molecule has 0 aliphatic carbocycles. The second-order valence-electron chi connectivity index (χ2n) is 10.8. The highest BCUT2D eigenvalue weighted by Gasteiger charge is 2.41. The number of unbranched alkanes of at least 4 members (excludes halogenated alkanes) is 2. The Balaban J connectivity index is 1.32. The van der Waals surface area contributed by atoms with Gasteiger partial charge in [0, 0.05) is 28.7 Å². The van der Waals surface area contributed by atoms with Crippen molar-refractivity contribution < 1.29 is 49.3 Å². The molecular weight excluding hydrogens is 608 g/mol. The van der Waals surface area contributed by atoms with Gasteiger partial charge in [-0.25, -0.2) is 26.3 Å². The minimum Gasteiger partial charge on any atom is -0.429 e. The minimum atomic E-state index is -4.63. The van der Waals surface area contributed by atoms with Crippen molar-refractivity contribution in [3.8, 4) is 28.0 Å². The van der Waals surface area contributed by atoms with Crippen molar-refractivity contribution in [1.82, 2.24) is 0 Å². The van der Waals surface area contributed by atoms with Crippen molar-refractivity contribution in [3.05, 3.63) is 113 Å². The third-order valence-corrected chi connectivity index (χ3v) is 7.51. The number of alkyl halides is 2. The van der Waals surface area contributed by atoms with Crippen molar-refractivity contribution in [1.29, 1.82) is 0 Å². The van der Waals surface area contributed by atoms with Gasteiger partial charge in [0.15, 0.2) is 17.9 Å². The molecule has 45 heavy (non-hydrogen) atoms. The van der Waals surface area contributed by atoms with E-state index in [2.05, 4.69) is 11.7 Å². The molecule has 11 heteroatoms. The Bertz CT molecular complexity index is 1640. The third-order valence-electron chi connectivity index (χ3n) is 7.51. The zero-order valence-electron chi connectivity index (χ0n) is 24.0. The average molecular weight is 637 g/mol. The summed E-state index contributed by atoms with van der Waals surface area (Å²) in [6, 6.07) is 10.1. The molecule has 0 spiro atoms. The summed E-state index contributed by atoms with van der Waals surface area (Å²) in [5.41, 5.74) is -1.96. The molecule has 0 unspecified atom stereocenters. The van der Waals surface area contributed by atoms with Crippen molar-refractivity contribution in [2.45, 2.75) is 45.0 Å². The fourth-order valence-corrected chi connectivity index (χ4v) is 5.16. The summed E-state index contributed by atoms with van der Waals surface area (Å²) in [6.45, 7) is 3.11. The molecule has 0 aromatic heterocycles. The molecule has 0 saturated carbocycles. The molecule has 0 N–H and O–H groups in total. The van der Waals surface area contributed by atoms with Crippen LogP contribution in [0, 0.1) is 40.8 Å². The highest BCUT2D eigenvalue weighted by Crippen LogP contribution is 2.39. The van der Waals surface area contributed by atoms with Gasteiger partial charge in [0.1, 0.15) is 34.6 Å². The van der Waals surface area contributed by atoms with E-state index in [9.17, 15) is 26.3 Å². The first-order valence-corrected chi connectivity index (χ1v) is 14.3. The first-order chi connectivity index (χ1) is 21.5. The number of ether oxygens (including phenoxy) is 3. The van der Waals surface area contributed by atoms with E-state index in [0.717, 1.165) is 37.8 Å².